The van der Waals surface area contributed by atoms with Crippen LogP contribution in [0.5, 0.6) is 11.5 Å². The quantitative estimate of drug-likeness (QED) is 0.935. The molecule has 0 fully saturated rings. The minimum Gasteiger partial charge on any atom is -0.454 e. The monoisotopic (exact) mass is 275 g/mol. The van der Waals surface area contributed by atoms with E-state index in [1.165, 1.54) is 0 Å². The van der Waals surface area contributed by atoms with E-state index in [9.17, 15) is 0 Å². The Bertz CT molecular complexity index is 586. The number of fused-ring (bicyclic) bond motifs is 1. The molecule has 0 saturated heterocycles. The molecule has 0 aromatic heterocycles. The summed E-state index contributed by atoms with van der Waals surface area (Å²) in [4.78, 5) is 0. The standard InChI is InChI=1S/C15H14ClNO2/c16-12-6-10(8-14-15(12)19-9-18-14)7-13(17)11-4-2-1-3-5-11/h1-6,8,13H,7,9,17H2. The van der Waals surface area contributed by atoms with Gasteiger partial charge in [-0.25, -0.2) is 0 Å². The van der Waals surface area contributed by atoms with Gasteiger partial charge in [-0.1, -0.05) is 41.9 Å². The van der Waals surface area contributed by atoms with Crippen molar-refractivity contribution in [2.24, 2.45) is 5.73 Å². The molecule has 0 spiro atoms. The van der Waals surface area contributed by atoms with Crippen LogP contribution in [0.15, 0.2) is 42.5 Å². The highest BCUT2D eigenvalue weighted by atomic mass is 35.5. The fourth-order valence-electron chi connectivity index (χ4n) is 2.21. The van der Waals surface area contributed by atoms with E-state index < -0.39 is 0 Å². The molecule has 3 rings (SSSR count). The van der Waals surface area contributed by atoms with Gasteiger partial charge in [-0.05, 0) is 29.7 Å². The lowest BCUT2D eigenvalue weighted by molar-refractivity contribution is 0.174. The Kier molecular flexibility index (Phi) is 3.32. The van der Waals surface area contributed by atoms with Crippen LogP contribution >= 0.6 is 11.6 Å². The van der Waals surface area contributed by atoms with Crippen molar-refractivity contribution in [3.8, 4) is 11.5 Å². The second kappa shape index (κ2) is 5.11. The second-order valence-corrected chi connectivity index (χ2v) is 4.94. The van der Waals surface area contributed by atoms with Crippen molar-refractivity contribution in [3.05, 3.63) is 58.6 Å². The Labute approximate surface area is 116 Å². The van der Waals surface area contributed by atoms with Gasteiger partial charge in [0, 0.05) is 6.04 Å². The molecule has 3 nitrogen and oxygen atoms in total. The van der Waals surface area contributed by atoms with Crippen LogP contribution < -0.4 is 15.2 Å². The van der Waals surface area contributed by atoms with E-state index in [4.69, 9.17) is 26.8 Å². The molecule has 2 aromatic rings. The summed E-state index contributed by atoms with van der Waals surface area (Å²) >= 11 is 6.16. The molecule has 1 heterocycles. The van der Waals surface area contributed by atoms with Crippen LogP contribution in [0.3, 0.4) is 0 Å². The number of hydrogen-bond donors (Lipinski definition) is 1. The molecule has 0 bridgehead atoms. The summed E-state index contributed by atoms with van der Waals surface area (Å²) in [6, 6.07) is 13.8. The largest absolute Gasteiger partial charge is 0.454 e. The summed E-state index contributed by atoms with van der Waals surface area (Å²) < 4.78 is 10.6. The SMILES string of the molecule is NC(Cc1cc(Cl)c2c(c1)OCO2)c1ccccc1. The molecule has 2 N–H and O–H groups in total. The van der Waals surface area contributed by atoms with E-state index in [0.717, 1.165) is 11.1 Å². The Morgan fingerprint density at radius 2 is 1.95 bits per heavy atom. The van der Waals surface area contributed by atoms with Gasteiger partial charge in [0.1, 0.15) is 0 Å². The molecule has 1 unspecified atom stereocenters. The molecule has 4 heteroatoms. The van der Waals surface area contributed by atoms with E-state index in [2.05, 4.69) is 0 Å². The molecular weight excluding hydrogens is 262 g/mol. The number of nitrogens with two attached hydrogens (primary N) is 1. The molecule has 98 valence electrons. The maximum Gasteiger partial charge on any atom is 0.231 e. The van der Waals surface area contributed by atoms with Crippen LogP contribution in [0.25, 0.3) is 0 Å². The highest BCUT2D eigenvalue weighted by Gasteiger charge is 2.19. The van der Waals surface area contributed by atoms with Crippen LogP contribution in [-0.2, 0) is 6.42 Å². The molecule has 1 aliphatic rings. The topological polar surface area (TPSA) is 44.5 Å². The van der Waals surface area contributed by atoms with Gasteiger partial charge in [0.2, 0.25) is 6.79 Å². The second-order valence-electron chi connectivity index (χ2n) is 4.53. The molecule has 0 amide bonds. The Morgan fingerprint density at radius 3 is 2.74 bits per heavy atom. The molecule has 0 radical (unpaired) electrons. The van der Waals surface area contributed by atoms with E-state index in [1.54, 1.807) is 0 Å². The van der Waals surface area contributed by atoms with E-state index in [0.29, 0.717) is 22.9 Å². The minimum atomic E-state index is -0.0577. The molecule has 19 heavy (non-hydrogen) atoms. The van der Waals surface area contributed by atoms with Gasteiger partial charge in [-0.3, -0.25) is 0 Å². The Balaban J connectivity index is 1.82. The number of rotatable bonds is 3. The van der Waals surface area contributed by atoms with Crippen LogP contribution in [0.2, 0.25) is 5.02 Å². The van der Waals surface area contributed by atoms with Crippen molar-refractivity contribution < 1.29 is 9.47 Å². The average Bonchev–Trinajstić information content (AvgIpc) is 2.88. The molecular formula is C15H14ClNO2. The third kappa shape index (κ3) is 2.53. The van der Waals surface area contributed by atoms with Crippen LogP contribution in [-0.4, -0.2) is 6.79 Å². The van der Waals surface area contributed by atoms with Gasteiger partial charge in [0.05, 0.1) is 5.02 Å². The minimum absolute atomic E-state index is 0.0577. The Morgan fingerprint density at radius 1 is 1.16 bits per heavy atom. The lowest BCUT2D eigenvalue weighted by Crippen LogP contribution is -2.13. The van der Waals surface area contributed by atoms with E-state index in [-0.39, 0.29) is 12.8 Å². The predicted octanol–water partition coefficient (Wildman–Crippen LogP) is 3.31. The van der Waals surface area contributed by atoms with Crippen molar-refractivity contribution >= 4 is 11.6 Å². The van der Waals surface area contributed by atoms with Gasteiger partial charge < -0.3 is 15.2 Å². The highest BCUT2D eigenvalue weighted by Crippen LogP contribution is 2.40. The number of benzene rings is 2. The van der Waals surface area contributed by atoms with Gasteiger partial charge in [0.25, 0.3) is 0 Å². The van der Waals surface area contributed by atoms with Crippen molar-refractivity contribution in [3.63, 3.8) is 0 Å². The summed E-state index contributed by atoms with van der Waals surface area (Å²) in [6.07, 6.45) is 0.709. The normalized spacial score (nSPS) is 14.4. The van der Waals surface area contributed by atoms with Crippen LogP contribution in [0.4, 0.5) is 0 Å². The van der Waals surface area contributed by atoms with Crippen molar-refractivity contribution in [2.45, 2.75) is 12.5 Å². The molecule has 2 aromatic carbocycles. The van der Waals surface area contributed by atoms with Gasteiger partial charge >= 0.3 is 0 Å². The smallest absolute Gasteiger partial charge is 0.231 e. The summed E-state index contributed by atoms with van der Waals surface area (Å²) in [5.41, 5.74) is 8.36. The maximum atomic E-state index is 6.21. The van der Waals surface area contributed by atoms with Crippen molar-refractivity contribution in [1.29, 1.82) is 0 Å². The first-order valence-electron chi connectivity index (χ1n) is 6.12. The summed E-state index contributed by atoms with van der Waals surface area (Å²) in [5, 5.41) is 0.574. The summed E-state index contributed by atoms with van der Waals surface area (Å²) in [5.74, 6) is 1.32. The third-order valence-electron chi connectivity index (χ3n) is 3.17. The average molecular weight is 276 g/mol. The highest BCUT2D eigenvalue weighted by molar-refractivity contribution is 6.32. The zero-order valence-corrected chi connectivity index (χ0v) is 11.1. The number of hydrogen-bond acceptors (Lipinski definition) is 3. The molecule has 0 saturated carbocycles. The first kappa shape index (κ1) is 12.3. The number of halogens is 1. The van der Waals surface area contributed by atoms with Gasteiger partial charge in [-0.2, -0.15) is 0 Å². The van der Waals surface area contributed by atoms with Crippen LogP contribution in [0, 0.1) is 0 Å². The van der Waals surface area contributed by atoms with E-state index in [1.807, 2.05) is 42.5 Å². The summed E-state index contributed by atoms with van der Waals surface area (Å²) in [7, 11) is 0. The zero-order chi connectivity index (χ0) is 13.2. The first-order valence-corrected chi connectivity index (χ1v) is 6.50. The van der Waals surface area contributed by atoms with Crippen molar-refractivity contribution in [2.75, 3.05) is 6.79 Å². The molecule has 1 aliphatic heterocycles. The Hall–Kier alpha value is -1.71. The van der Waals surface area contributed by atoms with Gasteiger partial charge in [-0.15, -0.1) is 0 Å². The third-order valence-corrected chi connectivity index (χ3v) is 3.45. The fourth-order valence-corrected chi connectivity index (χ4v) is 2.50. The first-order chi connectivity index (χ1) is 9.24. The van der Waals surface area contributed by atoms with Gasteiger partial charge in [0.15, 0.2) is 11.5 Å². The number of ether oxygens (including phenoxy) is 2. The molecule has 0 aliphatic carbocycles. The van der Waals surface area contributed by atoms with Crippen LogP contribution in [0.1, 0.15) is 17.2 Å². The fraction of sp³-hybridized carbons (Fsp3) is 0.200. The lowest BCUT2D eigenvalue weighted by atomic mass is 9.99. The van der Waals surface area contributed by atoms with Crippen molar-refractivity contribution in [1.82, 2.24) is 0 Å². The molecule has 1 atom stereocenters. The summed E-state index contributed by atoms with van der Waals surface area (Å²) in [6.45, 7) is 0.225. The van der Waals surface area contributed by atoms with E-state index >= 15 is 0 Å². The lowest BCUT2D eigenvalue weighted by Gasteiger charge is -2.13. The zero-order valence-electron chi connectivity index (χ0n) is 10.3. The maximum absolute atomic E-state index is 6.21. The predicted molar refractivity (Wildman–Crippen MR) is 74.6 cm³/mol.